The van der Waals surface area contributed by atoms with Crippen LogP contribution in [0.5, 0.6) is 0 Å². The van der Waals surface area contributed by atoms with Crippen LogP contribution in [0.25, 0.3) is 0 Å². The van der Waals surface area contributed by atoms with Gasteiger partial charge in [0.05, 0.1) is 0 Å². The molecule has 0 aromatic rings. The fraction of sp³-hybridized carbons (Fsp3) is 0.889. The molecule has 0 heterocycles. The normalized spacial score (nSPS) is 9.20. The van der Waals surface area contributed by atoms with Crippen LogP contribution in [0.4, 0.5) is 0 Å². The maximum absolute atomic E-state index is 4.99. The average molecular weight is 366 g/mol. The standard InChI is InChI=1S/C8H18S2.CH3NS2.Mo/c1-3-5-7-9-10-8-6-4-2;2-1(3)4;/h3-8H2,1-2H3;(H3,2,3,4);/q;;+1/p-1. The molecule has 0 aliphatic heterocycles. The molecule has 0 radical (unpaired) electrons. The predicted molar refractivity (Wildman–Crippen MR) is 79.1 cm³/mol. The first-order chi connectivity index (χ1) is 7.18. The summed E-state index contributed by atoms with van der Waals surface area (Å²) in [5.41, 5.74) is 4.99. The van der Waals surface area contributed by atoms with E-state index in [1.165, 1.54) is 46.7 Å². The van der Waals surface area contributed by atoms with Gasteiger partial charge in [0.1, 0.15) is 0 Å². The molecule has 0 atom stereocenters. The molecule has 2 N–H and O–H groups in total. The summed E-state index contributed by atoms with van der Waals surface area (Å²) in [5, 5.41) is 0. The molecular weight excluding hydrogens is 346 g/mol. The molecule has 6 heteroatoms. The molecular formula is C9H20MoNS4. The average Bonchev–Trinajstić information content (AvgIpc) is 2.24. The van der Waals surface area contributed by atoms with Gasteiger partial charge in [-0.25, -0.2) is 0 Å². The number of unbranched alkanes of at least 4 members (excludes halogenated alkanes) is 2. The molecule has 1 nitrogen and oxygen atoms in total. The van der Waals surface area contributed by atoms with E-state index in [1.807, 2.05) is 21.6 Å². The summed E-state index contributed by atoms with van der Waals surface area (Å²) >= 11 is 6.23. The van der Waals surface area contributed by atoms with E-state index in [2.05, 4.69) is 26.1 Å². The molecule has 0 aromatic carbocycles. The van der Waals surface area contributed by atoms with Gasteiger partial charge in [-0.15, -0.1) is 0 Å². The minimum atomic E-state index is 0.509. The van der Waals surface area contributed by atoms with E-state index >= 15 is 0 Å². The molecule has 0 saturated heterocycles. The fourth-order valence-electron chi connectivity index (χ4n) is 0.524. The van der Waals surface area contributed by atoms with Crippen molar-refractivity contribution < 1.29 is 18.5 Å². The van der Waals surface area contributed by atoms with Crippen molar-refractivity contribution in [3.63, 3.8) is 0 Å². The molecule has 91 valence electrons. The van der Waals surface area contributed by atoms with Crippen molar-refractivity contribution in [2.45, 2.75) is 39.5 Å². The van der Waals surface area contributed by atoms with Gasteiger partial charge in [-0.3, -0.25) is 0 Å². The number of hydrogen-bond donors (Lipinski definition) is 1. The zero-order chi connectivity index (χ0) is 11.9. The van der Waals surface area contributed by atoms with E-state index in [0.29, 0.717) is 4.32 Å². The summed E-state index contributed by atoms with van der Waals surface area (Å²) in [4.78, 5) is 0. The van der Waals surface area contributed by atoms with Gasteiger partial charge in [0.2, 0.25) is 0 Å². The van der Waals surface area contributed by atoms with Crippen molar-refractivity contribution in [3.8, 4) is 0 Å². The molecule has 0 saturated carbocycles. The summed E-state index contributed by atoms with van der Waals surface area (Å²) < 4.78 is 0.509. The first-order valence-corrected chi connectivity index (χ1v) is 11.1. The van der Waals surface area contributed by atoms with Gasteiger partial charge < -0.3 is 0 Å². The van der Waals surface area contributed by atoms with E-state index in [9.17, 15) is 0 Å². The molecule has 0 aromatic heterocycles. The van der Waals surface area contributed by atoms with Crippen molar-refractivity contribution in [2.24, 2.45) is 5.73 Å². The van der Waals surface area contributed by atoms with Crippen LogP contribution in [0, 0.1) is 0 Å². The van der Waals surface area contributed by atoms with Crippen LogP contribution in [0.1, 0.15) is 39.5 Å². The monoisotopic (exact) mass is 368 g/mol. The van der Waals surface area contributed by atoms with Gasteiger partial charge in [-0.1, -0.05) is 48.3 Å². The van der Waals surface area contributed by atoms with Crippen molar-refractivity contribution in [3.05, 3.63) is 0 Å². The number of thiocarbonyl (C=S) groups is 1. The van der Waals surface area contributed by atoms with E-state index in [0.717, 1.165) is 0 Å². The topological polar surface area (TPSA) is 26.0 Å². The molecule has 0 aliphatic carbocycles. The third kappa shape index (κ3) is 25.7. The molecule has 0 rings (SSSR count). The Hall–Kier alpha value is 1.63. The molecule has 0 bridgehead atoms. The first-order valence-electron chi connectivity index (χ1n) is 5.02. The van der Waals surface area contributed by atoms with Gasteiger partial charge in [0.25, 0.3) is 0 Å². The Balaban J connectivity index is 0. The maximum atomic E-state index is 4.99. The summed E-state index contributed by atoms with van der Waals surface area (Å²) in [6.07, 6.45) is 5.43. The third-order valence-electron chi connectivity index (χ3n) is 1.33. The quantitative estimate of drug-likeness (QED) is 0.312. The van der Waals surface area contributed by atoms with Crippen LogP contribution in [-0.2, 0) is 18.5 Å². The minimum absolute atomic E-state index is 0.509. The molecule has 15 heavy (non-hydrogen) atoms. The predicted octanol–water partition coefficient (Wildman–Crippen LogP) is 4.39. The van der Waals surface area contributed by atoms with Crippen molar-refractivity contribution in [2.75, 3.05) is 11.5 Å². The zero-order valence-corrected chi connectivity index (χ0v) is 14.6. The second-order valence-corrected chi connectivity index (χ2v) is 7.99. The Bertz CT molecular complexity index is 127. The van der Waals surface area contributed by atoms with Gasteiger partial charge in [-0.2, -0.15) is 0 Å². The Labute approximate surface area is 122 Å². The van der Waals surface area contributed by atoms with E-state index in [1.54, 1.807) is 18.5 Å². The van der Waals surface area contributed by atoms with Gasteiger partial charge in [-0.05, 0) is 12.8 Å². The summed E-state index contributed by atoms with van der Waals surface area (Å²) in [6, 6.07) is 0. The third-order valence-corrected chi connectivity index (χ3v) is 6.49. The van der Waals surface area contributed by atoms with E-state index < -0.39 is 0 Å². The second kappa shape index (κ2) is 18.0. The number of nitrogens with two attached hydrogens (primary N) is 1. The van der Waals surface area contributed by atoms with Gasteiger partial charge >= 0.3 is 50.3 Å². The van der Waals surface area contributed by atoms with Crippen LogP contribution >= 0.6 is 43.3 Å². The van der Waals surface area contributed by atoms with E-state index in [-0.39, 0.29) is 0 Å². The first kappa shape index (κ1) is 19.0. The fourth-order valence-corrected chi connectivity index (χ4v) is 2.99. The van der Waals surface area contributed by atoms with Crippen LogP contribution in [0.15, 0.2) is 0 Å². The Morgan fingerprint density at radius 3 is 1.67 bits per heavy atom. The summed E-state index contributed by atoms with van der Waals surface area (Å²) in [5.74, 6) is 2.68. The second-order valence-electron chi connectivity index (χ2n) is 2.75. The summed E-state index contributed by atoms with van der Waals surface area (Å²) in [6.45, 7) is 4.49. The Kier molecular flexibility index (Phi) is 22.8. The van der Waals surface area contributed by atoms with Gasteiger partial charge in [0.15, 0.2) is 0 Å². The zero-order valence-electron chi connectivity index (χ0n) is 9.36. The molecule has 0 unspecified atom stereocenters. The Morgan fingerprint density at radius 2 is 1.47 bits per heavy atom. The number of hydrogen-bond acceptors (Lipinski definition) is 4. The molecule has 0 spiro atoms. The summed E-state index contributed by atoms with van der Waals surface area (Å²) in [7, 11) is 5.47. The molecule has 0 aliphatic rings. The van der Waals surface area contributed by atoms with E-state index in [4.69, 9.17) is 5.73 Å². The van der Waals surface area contributed by atoms with Crippen molar-refractivity contribution in [1.82, 2.24) is 0 Å². The van der Waals surface area contributed by atoms with Crippen LogP contribution in [-0.4, -0.2) is 15.8 Å². The van der Waals surface area contributed by atoms with Crippen LogP contribution < -0.4 is 5.73 Å². The number of rotatable bonds is 7. The SMILES string of the molecule is CCCCSSCCCC.NC(=S)[S][Mo]. The Morgan fingerprint density at radius 1 is 1.13 bits per heavy atom. The molecule has 0 amide bonds. The molecule has 0 fully saturated rings. The van der Waals surface area contributed by atoms with Crippen molar-refractivity contribution >= 4 is 47.6 Å². The van der Waals surface area contributed by atoms with Crippen LogP contribution in [0.2, 0.25) is 0 Å². The van der Waals surface area contributed by atoms with Crippen molar-refractivity contribution in [1.29, 1.82) is 0 Å². The van der Waals surface area contributed by atoms with Crippen LogP contribution in [0.3, 0.4) is 0 Å². The van der Waals surface area contributed by atoms with Gasteiger partial charge in [0, 0.05) is 11.5 Å².